The second kappa shape index (κ2) is 4.39. The Morgan fingerprint density at radius 1 is 1.41 bits per heavy atom. The number of hydrogen-bond donors (Lipinski definition) is 1. The molecular formula is C13H15NO3. The van der Waals surface area contributed by atoms with Crippen LogP contribution in [0.15, 0.2) is 28.7 Å². The van der Waals surface area contributed by atoms with Crippen LogP contribution in [0.3, 0.4) is 0 Å². The van der Waals surface area contributed by atoms with Gasteiger partial charge in [-0.25, -0.2) is 0 Å². The van der Waals surface area contributed by atoms with Gasteiger partial charge in [0.1, 0.15) is 5.76 Å². The van der Waals surface area contributed by atoms with E-state index in [1.165, 1.54) is 0 Å². The fourth-order valence-corrected chi connectivity index (χ4v) is 1.94. The molecule has 0 radical (unpaired) electrons. The quantitative estimate of drug-likeness (QED) is 0.876. The Labute approximate surface area is 99.5 Å². The van der Waals surface area contributed by atoms with E-state index in [1.54, 1.807) is 7.11 Å². The van der Waals surface area contributed by atoms with Gasteiger partial charge >= 0.3 is 0 Å². The van der Waals surface area contributed by atoms with Gasteiger partial charge in [0.05, 0.1) is 32.9 Å². The highest BCUT2D eigenvalue weighted by molar-refractivity contribution is 5.83. The third-order valence-corrected chi connectivity index (χ3v) is 2.98. The maximum atomic E-state index is 5.78. The van der Waals surface area contributed by atoms with Crippen molar-refractivity contribution in [2.24, 2.45) is 0 Å². The number of furan rings is 1. The van der Waals surface area contributed by atoms with Crippen molar-refractivity contribution in [3.05, 3.63) is 30.0 Å². The summed E-state index contributed by atoms with van der Waals surface area (Å²) in [6, 6.07) is 8.41. The zero-order valence-corrected chi connectivity index (χ0v) is 9.73. The molecule has 1 aliphatic heterocycles. The highest BCUT2D eigenvalue weighted by atomic mass is 16.5. The van der Waals surface area contributed by atoms with Crippen LogP contribution in [-0.2, 0) is 11.3 Å². The SMILES string of the molecule is COc1cccc2cc(CNC3COC3)oc12. The minimum Gasteiger partial charge on any atom is -0.493 e. The molecule has 90 valence electrons. The monoisotopic (exact) mass is 233 g/mol. The van der Waals surface area contributed by atoms with Gasteiger partial charge in [0.25, 0.3) is 0 Å². The number of nitrogens with one attached hydrogen (secondary N) is 1. The van der Waals surface area contributed by atoms with Gasteiger partial charge in [0.2, 0.25) is 0 Å². The molecule has 0 bridgehead atoms. The summed E-state index contributed by atoms with van der Waals surface area (Å²) in [6.07, 6.45) is 0. The maximum Gasteiger partial charge on any atom is 0.176 e. The molecule has 17 heavy (non-hydrogen) atoms. The molecule has 4 nitrogen and oxygen atoms in total. The number of rotatable bonds is 4. The van der Waals surface area contributed by atoms with Crippen LogP contribution in [0, 0.1) is 0 Å². The molecule has 0 unspecified atom stereocenters. The number of methoxy groups -OCH3 is 1. The van der Waals surface area contributed by atoms with E-state index in [-0.39, 0.29) is 0 Å². The molecule has 0 saturated carbocycles. The molecule has 0 spiro atoms. The molecule has 0 amide bonds. The van der Waals surface area contributed by atoms with Crippen molar-refractivity contribution < 1.29 is 13.9 Å². The predicted molar refractivity (Wildman–Crippen MR) is 64.2 cm³/mol. The zero-order valence-electron chi connectivity index (χ0n) is 9.73. The molecule has 1 aromatic carbocycles. The Morgan fingerprint density at radius 3 is 3.00 bits per heavy atom. The summed E-state index contributed by atoms with van der Waals surface area (Å²) < 4.78 is 16.2. The Kier molecular flexibility index (Phi) is 2.74. The van der Waals surface area contributed by atoms with E-state index in [1.807, 2.05) is 24.3 Å². The first-order valence-corrected chi connectivity index (χ1v) is 5.73. The maximum absolute atomic E-state index is 5.78. The largest absolute Gasteiger partial charge is 0.493 e. The minimum atomic E-state index is 0.463. The number of fused-ring (bicyclic) bond motifs is 1. The lowest BCUT2D eigenvalue weighted by Crippen LogP contribution is -2.45. The van der Waals surface area contributed by atoms with Crippen molar-refractivity contribution in [3.8, 4) is 5.75 Å². The summed E-state index contributed by atoms with van der Waals surface area (Å²) in [5.41, 5.74) is 0.816. The van der Waals surface area contributed by atoms with Crippen molar-refractivity contribution in [3.63, 3.8) is 0 Å². The Balaban J connectivity index is 1.80. The standard InChI is InChI=1S/C13H15NO3/c1-15-12-4-2-3-9-5-11(17-13(9)12)6-14-10-7-16-8-10/h2-5,10,14H,6-8H2,1H3. The third kappa shape index (κ3) is 2.01. The van der Waals surface area contributed by atoms with Crippen LogP contribution in [0.4, 0.5) is 0 Å². The van der Waals surface area contributed by atoms with E-state index in [9.17, 15) is 0 Å². The van der Waals surface area contributed by atoms with Gasteiger partial charge in [-0.3, -0.25) is 0 Å². The predicted octanol–water partition coefficient (Wildman–Crippen LogP) is 1.93. The van der Waals surface area contributed by atoms with Crippen LogP contribution in [0.5, 0.6) is 5.75 Å². The highest BCUT2D eigenvalue weighted by Gasteiger charge is 2.18. The summed E-state index contributed by atoms with van der Waals surface area (Å²) in [6.45, 7) is 2.32. The van der Waals surface area contributed by atoms with Crippen molar-refractivity contribution >= 4 is 11.0 Å². The van der Waals surface area contributed by atoms with Crippen molar-refractivity contribution in [1.29, 1.82) is 0 Å². The van der Waals surface area contributed by atoms with E-state index < -0.39 is 0 Å². The summed E-state index contributed by atoms with van der Waals surface area (Å²) in [5, 5.41) is 4.45. The fourth-order valence-electron chi connectivity index (χ4n) is 1.94. The lowest BCUT2D eigenvalue weighted by Gasteiger charge is -2.26. The Bertz CT molecular complexity index is 516. The second-order valence-electron chi connectivity index (χ2n) is 4.21. The minimum absolute atomic E-state index is 0.463. The average Bonchev–Trinajstić information content (AvgIpc) is 2.69. The molecule has 1 aliphatic rings. The first-order chi connectivity index (χ1) is 8.36. The molecule has 4 heteroatoms. The summed E-state index contributed by atoms with van der Waals surface area (Å²) in [5.74, 6) is 1.71. The summed E-state index contributed by atoms with van der Waals surface area (Å²) in [7, 11) is 1.65. The highest BCUT2D eigenvalue weighted by Crippen LogP contribution is 2.28. The first-order valence-electron chi connectivity index (χ1n) is 5.73. The number of ether oxygens (including phenoxy) is 2. The zero-order chi connectivity index (χ0) is 11.7. The number of hydrogen-bond acceptors (Lipinski definition) is 4. The van der Waals surface area contributed by atoms with Gasteiger partial charge in [-0.1, -0.05) is 12.1 Å². The molecule has 3 rings (SSSR count). The lowest BCUT2D eigenvalue weighted by atomic mass is 10.2. The second-order valence-corrected chi connectivity index (χ2v) is 4.21. The normalized spacial score (nSPS) is 16.1. The van der Waals surface area contributed by atoms with Gasteiger partial charge in [0.15, 0.2) is 11.3 Å². The molecule has 1 fully saturated rings. The first kappa shape index (κ1) is 10.6. The number of para-hydroxylation sites is 1. The van der Waals surface area contributed by atoms with E-state index in [0.717, 1.165) is 42.2 Å². The van der Waals surface area contributed by atoms with Crippen LogP contribution in [0.25, 0.3) is 11.0 Å². The van der Waals surface area contributed by atoms with E-state index in [4.69, 9.17) is 13.9 Å². The van der Waals surface area contributed by atoms with Crippen LogP contribution in [0.2, 0.25) is 0 Å². The Morgan fingerprint density at radius 2 is 2.29 bits per heavy atom. The van der Waals surface area contributed by atoms with Gasteiger partial charge in [-0.15, -0.1) is 0 Å². The van der Waals surface area contributed by atoms with Crippen molar-refractivity contribution in [1.82, 2.24) is 5.32 Å². The topological polar surface area (TPSA) is 43.6 Å². The average molecular weight is 233 g/mol. The van der Waals surface area contributed by atoms with Crippen LogP contribution < -0.4 is 10.1 Å². The van der Waals surface area contributed by atoms with Gasteiger partial charge < -0.3 is 19.2 Å². The van der Waals surface area contributed by atoms with E-state index >= 15 is 0 Å². The smallest absolute Gasteiger partial charge is 0.176 e. The molecule has 1 aromatic heterocycles. The van der Waals surface area contributed by atoms with Crippen molar-refractivity contribution in [2.45, 2.75) is 12.6 Å². The molecule has 0 aliphatic carbocycles. The van der Waals surface area contributed by atoms with Crippen LogP contribution in [-0.4, -0.2) is 26.4 Å². The van der Waals surface area contributed by atoms with Crippen LogP contribution in [0.1, 0.15) is 5.76 Å². The van der Waals surface area contributed by atoms with Crippen molar-refractivity contribution in [2.75, 3.05) is 20.3 Å². The molecule has 0 atom stereocenters. The lowest BCUT2D eigenvalue weighted by molar-refractivity contribution is -0.00637. The van der Waals surface area contributed by atoms with Crippen LogP contribution >= 0.6 is 0 Å². The third-order valence-electron chi connectivity index (χ3n) is 2.98. The van der Waals surface area contributed by atoms with Gasteiger partial charge in [-0.2, -0.15) is 0 Å². The molecule has 1 N–H and O–H groups in total. The molecule has 2 aromatic rings. The van der Waals surface area contributed by atoms with E-state index in [2.05, 4.69) is 5.32 Å². The van der Waals surface area contributed by atoms with Gasteiger partial charge in [0, 0.05) is 5.39 Å². The van der Waals surface area contributed by atoms with E-state index in [0.29, 0.717) is 6.04 Å². The molecule has 1 saturated heterocycles. The molecule has 2 heterocycles. The number of benzene rings is 1. The summed E-state index contributed by atoms with van der Waals surface area (Å²) >= 11 is 0. The fraction of sp³-hybridized carbons (Fsp3) is 0.385. The molecular weight excluding hydrogens is 218 g/mol. The Hall–Kier alpha value is -1.52. The van der Waals surface area contributed by atoms with Gasteiger partial charge in [-0.05, 0) is 12.1 Å². The summed E-state index contributed by atoms with van der Waals surface area (Å²) in [4.78, 5) is 0.